The van der Waals surface area contributed by atoms with E-state index in [9.17, 15) is 0 Å². The summed E-state index contributed by atoms with van der Waals surface area (Å²) in [5, 5.41) is 7.72. The highest BCUT2D eigenvalue weighted by Crippen LogP contribution is 2.17. The van der Waals surface area contributed by atoms with E-state index in [-0.39, 0.29) is 17.7 Å². The number of rotatable bonds is 4. The summed E-state index contributed by atoms with van der Waals surface area (Å²) >= 11 is 0. The van der Waals surface area contributed by atoms with Gasteiger partial charge in [0.15, 0.2) is 0 Å². The second-order valence-corrected chi connectivity index (χ2v) is 5.22. The summed E-state index contributed by atoms with van der Waals surface area (Å²) in [6.07, 6.45) is 4.06. The Hall–Kier alpha value is -1.03. The van der Waals surface area contributed by atoms with Crippen LogP contribution in [0.2, 0.25) is 0 Å². The quantitative estimate of drug-likeness (QED) is 0.855. The van der Waals surface area contributed by atoms with Crippen molar-refractivity contribution in [3.05, 3.63) is 12.4 Å². The summed E-state index contributed by atoms with van der Waals surface area (Å²) in [6, 6.07) is 0.266. The van der Waals surface area contributed by atoms with Gasteiger partial charge in [0.1, 0.15) is 0 Å². The molecular weight excluding hydrogens is 202 g/mol. The maximum absolute atomic E-state index is 5.27. The molecule has 1 aromatic heterocycles. The fourth-order valence-corrected chi connectivity index (χ4v) is 1.35. The molecule has 4 heteroatoms. The minimum absolute atomic E-state index is 0.0238. The van der Waals surface area contributed by atoms with Crippen molar-refractivity contribution in [2.75, 3.05) is 12.4 Å². The molecule has 0 spiro atoms. The second-order valence-electron chi connectivity index (χ2n) is 5.22. The van der Waals surface area contributed by atoms with E-state index in [1.807, 2.05) is 24.0 Å². The summed E-state index contributed by atoms with van der Waals surface area (Å²) in [4.78, 5) is 0. The zero-order chi connectivity index (χ0) is 12.3. The molecule has 16 heavy (non-hydrogen) atoms. The predicted octanol–water partition coefficient (Wildman–Crippen LogP) is 2.47. The van der Waals surface area contributed by atoms with Crippen molar-refractivity contribution in [3.63, 3.8) is 0 Å². The Balaban J connectivity index is 2.66. The average Bonchev–Trinajstić information content (AvgIpc) is 2.64. The molecule has 4 nitrogen and oxygen atoms in total. The number of methoxy groups -OCH3 is 1. The zero-order valence-corrected chi connectivity index (χ0v) is 11.1. The smallest absolute Gasteiger partial charge is 0.0741 e. The molecule has 2 atom stereocenters. The van der Waals surface area contributed by atoms with Crippen LogP contribution in [0.1, 0.15) is 34.6 Å². The molecule has 1 rings (SSSR count). The Bertz CT molecular complexity index is 327. The van der Waals surface area contributed by atoms with Crippen LogP contribution in [0, 0.1) is 0 Å². The fraction of sp³-hybridized carbons (Fsp3) is 0.750. The van der Waals surface area contributed by atoms with E-state index in [4.69, 9.17) is 4.74 Å². The van der Waals surface area contributed by atoms with Gasteiger partial charge in [-0.2, -0.15) is 5.10 Å². The molecular formula is C12H23N3O. The summed E-state index contributed by atoms with van der Waals surface area (Å²) in [5.41, 5.74) is 1.06. The molecule has 0 aliphatic heterocycles. The molecule has 0 aliphatic rings. The van der Waals surface area contributed by atoms with Gasteiger partial charge < -0.3 is 10.1 Å². The SMILES string of the molecule is COC(C)C(C)Nc1cnn(C(C)(C)C)c1. The van der Waals surface area contributed by atoms with Gasteiger partial charge in [-0.1, -0.05) is 0 Å². The van der Waals surface area contributed by atoms with Crippen molar-refractivity contribution in [1.82, 2.24) is 9.78 Å². The van der Waals surface area contributed by atoms with Crippen LogP contribution in [-0.4, -0.2) is 29.0 Å². The molecule has 1 N–H and O–H groups in total. The summed E-state index contributed by atoms with van der Waals surface area (Å²) in [5.74, 6) is 0. The molecule has 0 aliphatic carbocycles. The third-order valence-corrected chi connectivity index (χ3v) is 2.74. The van der Waals surface area contributed by atoms with Crippen molar-refractivity contribution in [1.29, 1.82) is 0 Å². The maximum atomic E-state index is 5.27. The Morgan fingerprint density at radius 2 is 2.00 bits per heavy atom. The number of anilines is 1. The van der Waals surface area contributed by atoms with Gasteiger partial charge in [-0.3, -0.25) is 4.68 Å². The lowest BCUT2D eigenvalue weighted by molar-refractivity contribution is 0.106. The molecule has 1 aromatic rings. The predicted molar refractivity (Wildman–Crippen MR) is 66.8 cm³/mol. The molecule has 2 unspecified atom stereocenters. The molecule has 0 bridgehead atoms. The van der Waals surface area contributed by atoms with Crippen LogP contribution in [0.15, 0.2) is 12.4 Å². The van der Waals surface area contributed by atoms with Crippen molar-refractivity contribution in [2.45, 2.75) is 52.3 Å². The van der Waals surface area contributed by atoms with Gasteiger partial charge in [-0.05, 0) is 34.6 Å². The monoisotopic (exact) mass is 225 g/mol. The van der Waals surface area contributed by atoms with E-state index in [0.717, 1.165) is 5.69 Å². The highest BCUT2D eigenvalue weighted by atomic mass is 16.5. The number of aromatic nitrogens is 2. The van der Waals surface area contributed by atoms with Gasteiger partial charge in [0, 0.05) is 19.3 Å². The summed E-state index contributed by atoms with van der Waals surface area (Å²) in [7, 11) is 1.72. The highest BCUT2D eigenvalue weighted by molar-refractivity contribution is 5.39. The first kappa shape index (κ1) is 13.0. The molecule has 0 aromatic carbocycles. The first-order valence-corrected chi connectivity index (χ1v) is 5.69. The Labute approximate surface area is 98.0 Å². The molecule has 0 saturated heterocycles. The van der Waals surface area contributed by atoms with Gasteiger partial charge >= 0.3 is 0 Å². The standard InChI is InChI=1S/C12H23N3O/c1-9(10(2)16-6)14-11-7-13-15(8-11)12(3,4)5/h7-10,14H,1-6H3. The van der Waals surface area contributed by atoms with Crippen LogP contribution in [0.4, 0.5) is 5.69 Å². The Kier molecular flexibility index (Phi) is 3.97. The summed E-state index contributed by atoms with van der Waals surface area (Å²) in [6.45, 7) is 10.5. The number of hydrogen-bond donors (Lipinski definition) is 1. The molecule has 0 radical (unpaired) electrons. The van der Waals surface area contributed by atoms with Gasteiger partial charge in [-0.15, -0.1) is 0 Å². The molecule has 0 amide bonds. The second kappa shape index (κ2) is 4.87. The number of ether oxygens (including phenoxy) is 1. The maximum Gasteiger partial charge on any atom is 0.0741 e. The van der Waals surface area contributed by atoms with E-state index >= 15 is 0 Å². The van der Waals surface area contributed by atoms with Crippen LogP contribution >= 0.6 is 0 Å². The van der Waals surface area contributed by atoms with Gasteiger partial charge in [-0.25, -0.2) is 0 Å². The molecule has 1 heterocycles. The lowest BCUT2D eigenvalue weighted by atomic mass is 10.1. The van der Waals surface area contributed by atoms with Gasteiger partial charge in [0.05, 0.1) is 23.5 Å². The van der Waals surface area contributed by atoms with Gasteiger partial charge in [0.25, 0.3) is 0 Å². The first-order chi connectivity index (χ1) is 7.34. The minimum Gasteiger partial charge on any atom is -0.380 e. The van der Waals surface area contributed by atoms with Crippen LogP contribution in [-0.2, 0) is 10.3 Å². The first-order valence-electron chi connectivity index (χ1n) is 5.69. The lowest BCUT2D eigenvalue weighted by Gasteiger charge is -2.21. The fourth-order valence-electron chi connectivity index (χ4n) is 1.35. The van der Waals surface area contributed by atoms with Crippen LogP contribution in [0.5, 0.6) is 0 Å². The van der Waals surface area contributed by atoms with E-state index in [1.165, 1.54) is 0 Å². The molecule has 0 saturated carbocycles. The number of hydrogen-bond acceptors (Lipinski definition) is 3. The minimum atomic E-state index is 0.0238. The third-order valence-electron chi connectivity index (χ3n) is 2.74. The van der Waals surface area contributed by atoms with E-state index < -0.39 is 0 Å². The topological polar surface area (TPSA) is 39.1 Å². The highest BCUT2D eigenvalue weighted by Gasteiger charge is 2.16. The van der Waals surface area contributed by atoms with E-state index in [1.54, 1.807) is 7.11 Å². The van der Waals surface area contributed by atoms with Crippen molar-refractivity contribution < 1.29 is 4.74 Å². The van der Waals surface area contributed by atoms with E-state index in [0.29, 0.717) is 0 Å². The Morgan fingerprint density at radius 1 is 1.38 bits per heavy atom. The number of nitrogens with one attached hydrogen (secondary N) is 1. The van der Waals surface area contributed by atoms with Crippen molar-refractivity contribution >= 4 is 5.69 Å². The summed E-state index contributed by atoms with van der Waals surface area (Å²) < 4.78 is 7.23. The Morgan fingerprint density at radius 3 is 2.44 bits per heavy atom. The van der Waals surface area contributed by atoms with Crippen LogP contribution in [0.25, 0.3) is 0 Å². The lowest BCUT2D eigenvalue weighted by Crippen LogP contribution is -2.29. The van der Waals surface area contributed by atoms with Gasteiger partial charge in [0.2, 0.25) is 0 Å². The van der Waals surface area contributed by atoms with Crippen molar-refractivity contribution in [2.24, 2.45) is 0 Å². The van der Waals surface area contributed by atoms with E-state index in [2.05, 4.69) is 38.1 Å². The third kappa shape index (κ3) is 3.23. The average molecular weight is 225 g/mol. The molecule has 0 fully saturated rings. The molecule has 92 valence electrons. The van der Waals surface area contributed by atoms with Crippen LogP contribution < -0.4 is 5.32 Å². The normalized spacial score (nSPS) is 15.9. The largest absolute Gasteiger partial charge is 0.380 e. The van der Waals surface area contributed by atoms with Crippen molar-refractivity contribution in [3.8, 4) is 0 Å². The van der Waals surface area contributed by atoms with Crippen LogP contribution in [0.3, 0.4) is 0 Å². The number of nitrogens with zero attached hydrogens (tertiary/aromatic N) is 2. The zero-order valence-electron chi connectivity index (χ0n) is 11.1.